The first kappa shape index (κ1) is 22.3. The van der Waals surface area contributed by atoms with Gasteiger partial charge in [-0.3, -0.25) is 9.59 Å². The van der Waals surface area contributed by atoms with Gasteiger partial charge in [0.1, 0.15) is 6.61 Å². The quantitative estimate of drug-likeness (QED) is 0.571. The molecule has 0 saturated carbocycles. The monoisotopic (exact) mass is 424 g/mol. The molecule has 3 rings (SSSR count). The van der Waals surface area contributed by atoms with Crippen molar-refractivity contribution in [3.8, 4) is 11.1 Å². The van der Waals surface area contributed by atoms with E-state index in [0.29, 0.717) is 0 Å². The van der Waals surface area contributed by atoms with Crippen molar-refractivity contribution in [2.45, 2.75) is 38.6 Å². The van der Waals surface area contributed by atoms with Crippen LogP contribution in [0.25, 0.3) is 11.1 Å². The molecule has 0 aliphatic heterocycles. The highest BCUT2D eigenvalue weighted by atomic mass is 16.5. The number of alkyl carbamates (subject to hydrolysis) is 1. The van der Waals surface area contributed by atoms with Crippen molar-refractivity contribution >= 4 is 18.0 Å². The highest BCUT2D eigenvalue weighted by Gasteiger charge is 2.29. The normalized spacial score (nSPS) is 14.1. The summed E-state index contributed by atoms with van der Waals surface area (Å²) >= 11 is 0. The maximum Gasteiger partial charge on any atom is 0.407 e. The van der Waals surface area contributed by atoms with Gasteiger partial charge in [0.2, 0.25) is 5.91 Å². The van der Waals surface area contributed by atoms with Gasteiger partial charge in [-0.05, 0) is 35.1 Å². The number of aliphatic carboxylic acids is 1. The molecule has 0 bridgehead atoms. The molecule has 2 aromatic rings. The lowest BCUT2D eigenvalue weighted by Gasteiger charge is -2.17. The molecule has 7 nitrogen and oxygen atoms in total. The summed E-state index contributed by atoms with van der Waals surface area (Å²) in [4.78, 5) is 35.0. The summed E-state index contributed by atoms with van der Waals surface area (Å²) in [5.41, 5.74) is 4.60. The second-order valence-electron chi connectivity index (χ2n) is 8.08. The Hall–Kier alpha value is -3.35. The van der Waals surface area contributed by atoms with E-state index in [1.165, 1.54) is 0 Å². The number of benzene rings is 2. The van der Waals surface area contributed by atoms with Crippen LogP contribution in [0.2, 0.25) is 0 Å². The standard InChI is InChI=1S/C24H28N2O5/c1-15(11-23(28)29)13-25-22(27)12-16(2)26-24(30)31-14-21-19-9-5-3-7-17(19)18-8-4-6-10-20(18)21/h3-10,15-16,21H,11-14H2,1-2H3,(H,25,27)(H,26,30)(H,28,29)/t15?,16-/m1/s1. The molecule has 164 valence electrons. The zero-order chi connectivity index (χ0) is 22.4. The van der Waals surface area contributed by atoms with E-state index in [1.54, 1.807) is 13.8 Å². The van der Waals surface area contributed by atoms with E-state index in [-0.39, 0.29) is 43.7 Å². The average Bonchev–Trinajstić information content (AvgIpc) is 3.04. The highest BCUT2D eigenvalue weighted by molar-refractivity contribution is 5.79. The lowest BCUT2D eigenvalue weighted by atomic mass is 9.98. The van der Waals surface area contributed by atoms with Gasteiger partial charge in [-0.2, -0.15) is 0 Å². The molecule has 0 spiro atoms. The van der Waals surface area contributed by atoms with Gasteiger partial charge >= 0.3 is 12.1 Å². The molecule has 1 aliphatic rings. The molecule has 1 unspecified atom stereocenters. The molecule has 1 aliphatic carbocycles. The first-order valence-corrected chi connectivity index (χ1v) is 10.4. The fraction of sp³-hybridized carbons (Fsp3) is 0.375. The summed E-state index contributed by atoms with van der Waals surface area (Å²) in [7, 11) is 0. The van der Waals surface area contributed by atoms with Crippen LogP contribution in [0.4, 0.5) is 4.79 Å². The van der Waals surface area contributed by atoms with E-state index in [1.807, 2.05) is 24.3 Å². The number of carbonyl (C=O) groups excluding carboxylic acids is 2. The number of rotatable bonds is 9. The van der Waals surface area contributed by atoms with E-state index in [4.69, 9.17) is 9.84 Å². The minimum Gasteiger partial charge on any atom is -0.481 e. The molecular weight excluding hydrogens is 396 g/mol. The summed E-state index contributed by atoms with van der Waals surface area (Å²) in [5.74, 6) is -1.32. The molecule has 3 N–H and O–H groups in total. The Morgan fingerprint density at radius 2 is 1.55 bits per heavy atom. The lowest BCUT2D eigenvalue weighted by Crippen LogP contribution is -2.39. The Balaban J connectivity index is 1.47. The molecular formula is C24H28N2O5. The Bertz CT molecular complexity index is 913. The van der Waals surface area contributed by atoms with Crippen molar-refractivity contribution in [2.24, 2.45) is 5.92 Å². The molecule has 2 amide bonds. The fourth-order valence-corrected chi connectivity index (χ4v) is 3.90. The molecule has 0 aromatic heterocycles. The highest BCUT2D eigenvalue weighted by Crippen LogP contribution is 2.44. The summed E-state index contributed by atoms with van der Waals surface area (Å²) in [6, 6.07) is 15.8. The van der Waals surface area contributed by atoms with Crippen LogP contribution >= 0.6 is 0 Å². The van der Waals surface area contributed by atoms with Gasteiger partial charge in [0.15, 0.2) is 0 Å². The molecule has 31 heavy (non-hydrogen) atoms. The number of amides is 2. The number of carbonyl (C=O) groups is 3. The molecule has 0 fully saturated rings. The third-order valence-electron chi connectivity index (χ3n) is 5.37. The first-order valence-electron chi connectivity index (χ1n) is 10.4. The Labute approximate surface area is 181 Å². The predicted molar refractivity (Wildman–Crippen MR) is 117 cm³/mol. The number of nitrogens with one attached hydrogen (secondary N) is 2. The number of ether oxygens (including phenoxy) is 1. The summed E-state index contributed by atoms with van der Waals surface area (Å²) in [5, 5.41) is 14.1. The number of hydrogen-bond donors (Lipinski definition) is 3. The van der Waals surface area contributed by atoms with Crippen molar-refractivity contribution in [1.29, 1.82) is 0 Å². The topological polar surface area (TPSA) is 105 Å². The zero-order valence-electron chi connectivity index (χ0n) is 17.8. The van der Waals surface area contributed by atoms with Gasteiger partial charge in [0.05, 0.1) is 0 Å². The van der Waals surface area contributed by atoms with E-state index in [9.17, 15) is 14.4 Å². The summed E-state index contributed by atoms with van der Waals surface area (Å²) in [6.07, 6.45) is -0.487. The second kappa shape index (κ2) is 10.1. The van der Waals surface area contributed by atoms with Crippen LogP contribution in [0.3, 0.4) is 0 Å². The number of hydrogen-bond acceptors (Lipinski definition) is 4. The first-order chi connectivity index (χ1) is 14.8. The van der Waals surface area contributed by atoms with Gasteiger partial charge in [-0.1, -0.05) is 55.5 Å². The zero-order valence-corrected chi connectivity index (χ0v) is 17.8. The Morgan fingerprint density at radius 1 is 0.968 bits per heavy atom. The van der Waals surface area contributed by atoms with Crippen LogP contribution in [0.1, 0.15) is 43.7 Å². The fourth-order valence-electron chi connectivity index (χ4n) is 3.90. The second-order valence-corrected chi connectivity index (χ2v) is 8.08. The van der Waals surface area contributed by atoms with Crippen molar-refractivity contribution in [2.75, 3.05) is 13.2 Å². The van der Waals surface area contributed by atoms with Crippen LogP contribution in [-0.2, 0) is 14.3 Å². The Kier molecular flexibility index (Phi) is 7.28. The maximum atomic E-state index is 12.3. The van der Waals surface area contributed by atoms with Crippen molar-refractivity contribution in [3.63, 3.8) is 0 Å². The maximum absolute atomic E-state index is 12.3. The molecule has 0 heterocycles. The summed E-state index contributed by atoms with van der Waals surface area (Å²) < 4.78 is 5.49. The van der Waals surface area contributed by atoms with Gasteiger partial charge in [-0.25, -0.2) is 4.79 Å². The van der Waals surface area contributed by atoms with Crippen LogP contribution in [-0.4, -0.2) is 42.3 Å². The number of fused-ring (bicyclic) bond motifs is 3. The number of carboxylic acid groups (broad SMARTS) is 1. The van der Waals surface area contributed by atoms with E-state index < -0.39 is 18.1 Å². The van der Waals surface area contributed by atoms with Crippen molar-refractivity contribution < 1.29 is 24.2 Å². The third kappa shape index (κ3) is 5.84. The smallest absolute Gasteiger partial charge is 0.407 e. The van der Waals surface area contributed by atoms with Crippen molar-refractivity contribution in [1.82, 2.24) is 10.6 Å². The predicted octanol–water partition coefficient (Wildman–Crippen LogP) is 3.53. The molecule has 2 atom stereocenters. The minimum atomic E-state index is -0.896. The minimum absolute atomic E-state index is 0.00612. The van der Waals surface area contributed by atoms with E-state index >= 15 is 0 Å². The van der Waals surface area contributed by atoms with E-state index in [0.717, 1.165) is 22.3 Å². The molecule has 0 saturated heterocycles. The number of carboxylic acids is 1. The van der Waals surface area contributed by atoms with Crippen LogP contribution in [0.15, 0.2) is 48.5 Å². The SMILES string of the molecule is CC(CNC(=O)C[C@@H](C)NC(=O)OCC1c2ccccc2-c2ccccc21)CC(=O)O. The third-order valence-corrected chi connectivity index (χ3v) is 5.37. The van der Waals surface area contributed by atoms with Crippen molar-refractivity contribution in [3.05, 3.63) is 59.7 Å². The largest absolute Gasteiger partial charge is 0.481 e. The molecule has 7 heteroatoms. The van der Waals surface area contributed by atoms with Crippen LogP contribution < -0.4 is 10.6 Å². The van der Waals surface area contributed by atoms with Gasteiger partial charge in [0.25, 0.3) is 0 Å². The lowest BCUT2D eigenvalue weighted by molar-refractivity contribution is -0.138. The van der Waals surface area contributed by atoms with Gasteiger partial charge in [-0.15, -0.1) is 0 Å². The van der Waals surface area contributed by atoms with Crippen LogP contribution in [0, 0.1) is 5.92 Å². The van der Waals surface area contributed by atoms with E-state index in [2.05, 4.69) is 34.9 Å². The van der Waals surface area contributed by atoms with Gasteiger partial charge < -0.3 is 20.5 Å². The average molecular weight is 424 g/mol. The molecule has 2 aromatic carbocycles. The van der Waals surface area contributed by atoms with Gasteiger partial charge in [0, 0.05) is 31.3 Å². The summed E-state index contributed by atoms with van der Waals surface area (Å²) in [6.45, 7) is 3.97. The van der Waals surface area contributed by atoms with Crippen LogP contribution in [0.5, 0.6) is 0 Å². The Morgan fingerprint density at radius 3 is 2.13 bits per heavy atom. The molecule has 0 radical (unpaired) electrons.